The van der Waals surface area contributed by atoms with Gasteiger partial charge in [-0.1, -0.05) is 30.3 Å². The van der Waals surface area contributed by atoms with Crippen molar-refractivity contribution in [2.24, 2.45) is 0 Å². The Balaban J connectivity index is 1.38. The van der Waals surface area contributed by atoms with Crippen LogP contribution in [0.2, 0.25) is 0 Å². The predicted octanol–water partition coefficient (Wildman–Crippen LogP) is 1.47. The van der Waals surface area contributed by atoms with Crippen molar-refractivity contribution in [3.05, 3.63) is 42.5 Å². The fourth-order valence-corrected chi connectivity index (χ4v) is 5.04. The number of benzene rings is 2. The Bertz CT molecular complexity index is 930. The molecule has 0 radical (unpaired) electrons. The highest BCUT2D eigenvalue weighted by Gasteiger charge is 2.21. The lowest BCUT2D eigenvalue weighted by molar-refractivity contribution is -0.928. The van der Waals surface area contributed by atoms with Gasteiger partial charge in [0.2, 0.25) is 15.9 Å². The molecule has 2 aromatic rings. The van der Waals surface area contributed by atoms with E-state index in [1.807, 2.05) is 24.3 Å². The smallest absolute Gasteiger partial charge is 0.240 e. The summed E-state index contributed by atoms with van der Waals surface area (Å²) in [5, 5.41) is 4.77. The SMILES string of the molecule is C[C@@H]1CCCC[NH+]1CCCNC(=O)CCNS(=O)(=O)c1ccc2ccccc2c1. The molecule has 1 unspecified atom stereocenters. The third-order valence-corrected chi connectivity index (χ3v) is 7.21. The quantitative estimate of drug-likeness (QED) is 0.540. The molecule has 1 aliphatic rings. The van der Waals surface area contributed by atoms with Crippen LogP contribution in [-0.4, -0.2) is 46.5 Å². The summed E-state index contributed by atoms with van der Waals surface area (Å²) in [7, 11) is -3.63. The molecule has 1 amide bonds. The highest BCUT2D eigenvalue weighted by atomic mass is 32.2. The average Bonchev–Trinajstić information content (AvgIpc) is 2.72. The monoisotopic (exact) mass is 418 g/mol. The summed E-state index contributed by atoms with van der Waals surface area (Å²) in [5.74, 6) is -0.118. The minimum Gasteiger partial charge on any atom is -0.356 e. The molecule has 3 N–H and O–H groups in total. The van der Waals surface area contributed by atoms with Gasteiger partial charge in [-0.25, -0.2) is 13.1 Å². The van der Waals surface area contributed by atoms with Crippen LogP contribution >= 0.6 is 0 Å². The molecule has 3 rings (SSSR count). The zero-order valence-corrected chi connectivity index (χ0v) is 17.9. The van der Waals surface area contributed by atoms with Crippen molar-refractivity contribution in [2.75, 3.05) is 26.2 Å². The highest BCUT2D eigenvalue weighted by Crippen LogP contribution is 2.18. The largest absolute Gasteiger partial charge is 0.356 e. The molecule has 1 aliphatic heterocycles. The Morgan fingerprint density at radius 2 is 1.90 bits per heavy atom. The number of fused-ring (bicyclic) bond motifs is 1. The number of amides is 1. The Morgan fingerprint density at radius 3 is 2.69 bits per heavy atom. The van der Waals surface area contributed by atoms with Crippen LogP contribution in [0.25, 0.3) is 10.8 Å². The average molecular weight is 419 g/mol. The maximum atomic E-state index is 12.5. The summed E-state index contributed by atoms with van der Waals surface area (Å²) in [5.41, 5.74) is 0. The first kappa shape index (κ1) is 21.7. The lowest BCUT2D eigenvalue weighted by Crippen LogP contribution is -3.16. The van der Waals surface area contributed by atoms with Crippen molar-refractivity contribution in [1.29, 1.82) is 0 Å². The number of hydrogen-bond acceptors (Lipinski definition) is 3. The molecular formula is C22H32N3O3S+. The van der Waals surface area contributed by atoms with Gasteiger partial charge in [-0.05, 0) is 49.1 Å². The maximum absolute atomic E-state index is 12.5. The van der Waals surface area contributed by atoms with Crippen LogP contribution in [-0.2, 0) is 14.8 Å². The number of rotatable bonds is 9. The summed E-state index contributed by atoms with van der Waals surface area (Å²) < 4.78 is 27.5. The first-order valence-electron chi connectivity index (χ1n) is 10.6. The molecular weight excluding hydrogens is 386 g/mol. The topological polar surface area (TPSA) is 79.7 Å². The Kier molecular flexibility index (Phi) is 7.64. The third-order valence-electron chi connectivity index (χ3n) is 5.75. The second kappa shape index (κ2) is 10.2. The van der Waals surface area contributed by atoms with Gasteiger partial charge < -0.3 is 10.2 Å². The number of sulfonamides is 1. The molecule has 2 atom stereocenters. The van der Waals surface area contributed by atoms with E-state index < -0.39 is 10.0 Å². The standard InChI is InChI=1S/C22H31N3O3S/c1-18-7-4-5-15-25(18)16-6-13-23-22(26)12-14-24-29(27,28)21-11-10-19-8-2-3-9-20(19)17-21/h2-3,8-11,17-18,24H,4-7,12-16H2,1H3,(H,23,26)/p+1/t18-/m1/s1. The van der Waals surface area contributed by atoms with E-state index in [1.165, 1.54) is 25.8 Å². The van der Waals surface area contributed by atoms with E-state index >= 15 is 0 Å². The van der Waals surface area contributed by atoms with Crippen molar-refractivity contribution in [3.63, 3.8) is 0 Å². The van der Waals surface area contributed by atoms with E-state index in [0.717, 1.165) is 23.7 Å². The molecule has 1 saturated heterocycles. The van der Waals surface area contributed by atoms with Crippen molar-refractivity contribution < 1.29 is 18.1 Å². The molecule has 6 nitrogen and oxygen atoms in total. The number of carbonyl (C=O) groups is 1. The second-order valence-electron chi connectivity index (χ2n) is 7.92. The van der Waals surface area contributed by atoms with Gasteiger partial charge in [-0.2, -0.15) is 0 Å². The first-order chi connectivity index (χ1) is 14.0. The van der Waals surface area contributed by atoms with E-state index in [-0.39, 0.29) is 23.8 Å². The highest BCUT2D eigenvalue weighted by molar-refractivity contribution is 7.89. The zero-order chi connectivity index (χ0) is 20.7. The lowest BCUT2D eigenvalue weighted by atomic mass is 10.0. The van der Waals surface area contributed by atoms with Crippen LogP contribution < -0.4 is 14.9 Å². The van der Waals surface area contributed by atoms with Gasteiger partial charge in [0, 0.05) is 25.9 Å². The van der Waals surface area contributed by atoms with Crippen LogP contribution in [0.4, 0.5) is 0 Å². The summed E-state index contributed by atoms with van der Waals surface area (Å²) in [6, 6.07) is 13.4. The van der Waals surface area contributed by atoms with Crippen LogP contribution in [0, 0.1) is 0 Å². The minimum atomic E-state index is -3.63. The van der Waals surface area contributed by atoms with Crippen molar-refractivity contribution in [2.45, 2.75) is 50.0 Å². The Hall–Kier alpha value is -1.96. The number of nitrogens with one attached hydrogen (secondary N) is 3. The fraction of sp³-hybridized carbons (Fsp3) is 0.500. The molecule has 0 aromatic heterocycles. The van der Waals surface area contributed by atoms with Gasteiger partial charge in [0.25, 0.3) is 0 Å². The first-order valence-corrected chi connectivity index (χ1v) is 12.0. The maximum Gasteiger partial charge on any atom is 0.240 e. The van der Waals surface area contributed by atoms with Gasteiger partial charge in [-0.3, -0.25) is 4.79 Å². The normalized spacial score (nSPS) is 19.9. The van der Waals surface area contributed by atoms with Gasteiger partial charge >= 0.3 is 0 Å². The Morgan fingerprint density at radius 1 is 1.10 bits per heavy atom. The second-order valence-corrected chi connectivity index (χ2v) is 9.68. The molecule has 158 valence electrons. The molecule has 0 saturated carbocycles. The number of hydrogen-bond donors (Lipinski definition) is 3. The summed E-state index contributed by atoms with van der Waals surface area (Å²) in [6.45, 7) is 5.35. The van der Waals surface area contributed by atoms with Crippen LogP contribution in [0.3, 0.4) is 0 Å². The van der Waals surface area contributed by atoms with Crippen molar-refractivity contribution in [3.8, 4) is 0 Å². The molecule has 0 bridgehead atoms. The van der Waals surface area contributed by atoms with Crippen molar-refractivity contribution in [1.82, 2.24) is 10.0 Å². The van der Waals surface area contributed by atoms with E-state index in [1.54, 1.807) is 23.1 Å². The van der Waals surface area contributed by atoms with Crippen LogP contribution in [0.5, 0.6) is 0 Å². The van der Waals surface area contributed by atoms with E-state index in [9.17, 15) is 13.2 Å². The van der Waals surface area contributed by atoms with Gasteiger partial charge in [0.15, 0.2) is 0 Å². The molecule has 1 heterocycles. The lowest BCUT2D eigenvalue weighted by Gasteiger charge is -2.30. The van der Waals surface area contributed by atoms with Crippen LogP contribution in [0.1, 0.15) is 39.0 Å². The van der Waals surface area contributed by atoms with Crippen molar-refractivity contribution >= 4 is 26.7 Å². The molecule has 29 heavy (non-hydrogen) atoms. The van der Waals surface area contributed by atoms with E-state index in [0.29, 0.717) is 12.6 Å². The molecule has 0 spiro atoms. The van der Waals surface area contributed by atoms with Gasteiger partial charge in [0.1, 0.15) is 0 Å². The molecule has 2 aromatic carbocycles. The third kappa shape index (κ3) is 6.26. The van der Waals surface area contributed by atoms with Gasteiger partial charge in [0.05, 0.1) is 24.0 Å². The molecule has 1 fully saturated rings. The number of quaternary nitrogens is 1. The van der Waals surface area contributed by atoms with E-state index in [2.05, 4.69) is 17.0 Å². The van der Waals surface area contributed by atoms with E-state index in [4.69, 9.17) is 0 Å². The van der Waals surface area contributed by atoms with Crippen LogP contribution in [0.15, 0.2) is 47.4 Å². The molecule has 0 aliphatic carbocycles. The number of piperidine rings is 1. The summed E-state index contributed by atoms with van der Waals surface area (Å²) >= 11 is 0. The minimum absolute atomic E-state index is 0.0927. The summed E-state index contributed by atoms with van der Waals surface area (Å²) in [4.78, 5) is 13.9. The summed E-state index contributed by atoms with van der Waals surface area (Å²) in [6.07, 6.45) is 5.01. The zero-order valence-electron chi connectivity index (χ0n) is 17.1. The fourth-order valence-electron chi connectivity index (χ4n) is 3.97. The molecule has 7 heteroatoms. The predicted molar refractivity (Wildman–Crippen MR) is 115 cm³/mol. The number of carbonyl (C=O) groups excluding carboxylic acids is 1. The van der Waals surface area contributed by atoms with Gasteiger partial charge in [-0.15, -0.1) is 0 Å². The number of likely N-dealkylation sites (tertiary alicyclic amines) is 1. The Labute approximate surface area is 173 Å².